The van der Waals surface area contributed by atoms with E-state index in [0.29, 0.717) is 0 Å². The Labute approximate surface area is 104 Å². The Balaban J connectivity index is 2.46. The normalized spacial score (nSPS) is 10.3. The summed E-state index contributed by atoms with van der Waals surface area (Å²) in [6, 6.07) is 0.0846. The van der Waals surface area contributed by atoms with Crippen LogP contribution in [0.1, 0.15) is 20.3 Å². The van der Waals surface area contributed by atoms with Gasteiger partial charge in [0.05, 0.1) is 6.20 Å². The van der Waals surface area contributed by atoms with Gasteiger partial charge in [0.2, 0.25) is 11.9 Å². The first-order valence-electron chi connectivity index (χ1n) is 5.55. The molecule has 0 saturated carbocycles. The van der Waals surface area contributed by atoms with Crippen LogP contribution in [-0.4, -0.2) is 28.5 Å². The monoisotopic (exact) mass is 256 g/mol. The first-order chi connectivity index (χ1) is 8.52. The molecule has 1 amide bonds. The van der Waals surface area contributed by atoms with Gasteiger partial charge in [0.1, 0.15) is 0 Å². The van der Waals surface area contributed by atoms with E-state index in [1.54, 1.807) is 0 Å². The zero-order valence-corrected chi connectivity index (χ0v) is 10.3. The van der Waals surface area contributed by atoms with E-state index < -0.39 is 5.82 Å². The molecular formula is C10H17FN6O. The zero-order valence-electron chi connectivity index (χ0n) is 10.3. The molecule has 7 nitrogen and oxygen atoms in total. The minimum absolute atomic E-state index is 0.00953. The van der Waals surface area contributed by atoms with E-state index in [1.807, 2.05) is 13.8 Å². The second-order valence-electron chi connectivity index (χ2n) is 3.93. The van der Waals surface area contributed by atoms with Crippen molar-refractivity contribution in [1.82, 2.24) is 15.3 Å². The molecular weight excluding hydrogens is 239 g/mol. The number of hydrogen-bond acceptors (Lipinski definition) is 6. The molecule has 0 aliphatic heterocycles. The molecule has 0 aromatic carbocycles. The van der Waals surface area contributed by atoms with Crippen LogP contribution in [-0.2, 0) is 4.79 Å². The maximum Gasteiger partial charge on any atom is 0.239 e. The SMILES string of the molecule is CC(C)NC(=O)CCNc1nc(NN)ncc1F. The third kappa shape index (κ3) is 4.50. The van der Waals surface area contributed by atoms with Crippen LogP contribution in [0, 0.1) is 5.82 Å². The average molecular weight is 256 g/mol. The number of aromatic nitrogens is 2. The molecule has 0 bridgehead atoms. The molecule has 0 atom stereocenters. The Morgan fingerprint density at radius 3 is 2.89 bits per heavy atom. The van der Waals surface area contributed by atoms with Gasteiger partial charge in [-0.1, -0.05) is 0 Å². The van der Waals surface area contributed by atoms with Crippen LogP contribution < -0.4 is 21.9 Å². The molecule has 18 heavy (non-hydrogen) atoms. The van der Waals surface area contributed by atoms with Crippen LogP contribution in [0.15, 0.2) is 6.20 Å². The van der Waals surface area contributed by atoms with Gasteiger partial charge in [0.15, 0.2) is 11.6 Å². The lowest BCUT2D eigenvalue weighted by molar-refractivity contribution is -0.121. The van der Waals surface area contributed by atoms with Crippen molar-refractivity contribution in [1.29, 1.82) is 0 Å². The molecule has 0 radical (unpaired) electrons. The number of nitrogens with one attached hydrogen (secondary N) is 3. The summed E-state index contributed by atoms with van der Waals surface area (Å²) in [5.41, 5.74) is 2.21. The van der Waals surface area contributed by atoms with Crippen LogP contribution >= 0.6 is 0 Å². The van der Waals surface area contributed by atoms with E-state index >= 15 is 0 Å². The van der Waals surface area contributed by atoms with Crippen LogP contribution in [0.3, 0.4) is 0 Å². The van der Waals surface area contributed by atoms with Crippen molar-refractivity contribution < 1.29 is 9.18 Å². The number of nitrogens with zero attached hydrogens (tertiary/aromatic N) is 2. The molecule has 1 rings (SSSR count). The number of hydrazine groups is 1. The third-order valence-corrected chi connectivity index (χ3v) is 1.97. The highest BCUT2D eigenvalue weighted by Crippen LogP contribution is 2.10. The molecule has 1 aromatic rings. The van der Waals surface area contributed by atoms with Crippen molar-refractivity contribution in [3.05, 3.63) is 12.0 Å². The van der Waals surface area contributed by atoms with Crippen molar-refractivity contribution in [3.8, 4) is 0 Å². The van der Waals surface area contributed by atoms with E-state index in [4.69, 9.17) is 5.84 Å². The molecule has 8 heteroatoms. The number of nitrogen functional groups attached to an aromatic ring is 1. The largest absolute Gasteiger partial charge is 0.367 e. The number of anilines is 2. The van der Waals surface area contributed by atoms with Crippen LogP contribution in [0.2, 0.25) is 0 Å². The van der Waals surface area contributed by atoms with E-state index in [2.05, 4.69) is 26.0 Å². The molecule has 0 unspecified atom stereocenters. The summed E-state index contributed by atoms with van der Waals surface area (Å²) in [5.74, 6) is 4.52. The maximum atomic E-state index is 13.3. The standard InChI is InChI=1S/C10H17FN6O/c1-6(2)15-8(18)3-4-13-9-7(11)5-14-10(16-9)17-12/h5-6H,3-4,12H2,1-2H3,(H,15,18)(H2,13,14,16,17). The number of nitrogens with two attached hydrogens (primary N) is 1. The molecule has 0 spiro atoms. The summed E-state index contributed by atoms with van der Waals surface area (Å²) >= 11 is 0. The summed E-state index contributed by atoms with van der Waals surface area (Å²) in [6.45, 7) is 4.01. The number of halogens is 1. The fourth-order valence-electron chi connectivity index (χ4n) is 1.25. The molecule has 0 saturated heterocycles. The van der Waals surface area contributed by atoms with Gasteiger partial charge in [-0.15, -0.1) is 0 Å². The smallest absolute Gasteiger partial charge is 0.239 e. The number of carbonyl (C=O) groups is 1. The second-order valence-corrected chi connectivity index (χ2v) is 3.93. The molecule has 100 valence electrons. The van der Waals surface area contributed by atoms with Crippen molar-refractivity contribution in [2.75, 3.05) is 17.3 Å². The molecule has 5 N–H and O–H groups in total. The Morgan fingerprint density at radius 1 is 1.56 bits per heavy atom. The zero-order chi connectivity index (χ0) is 13.5. The molecule has 0 aliphatic rings. The predicted octanol–water partition coefficient (Wildman–Crippen LogP) is 0.228. The summed E-state index contributed by atoms with van der Waals surface area (Å²) in [5, 5.41) is 5.44. The Kier molecular flexibility index (Phi) is 5.25. The molecule has 1 heterocycles. The lowest BCUT2D eigenvalue weighted by Crippen LogP contribution is -2.31. The van der Waals surface area contributed by atoms with E-state index in [0.717, 1.165) is 6.20 Å². The van der Waals surface area contributed by atoms with Gasteiger partial charge in [-0.2, -0.15) is 4.98 Å². The summed E-state index contributed by atoms with van der Waals surface area (Å²) in [4.78, 5) is 18.7. The van der Waals surface area contributed by atoms with Crippen LogP contribution in [0.4, 0.5) is 16.2 Å². The van der Waals surface area contributed by atoms with Gasteiger partial charge in [-0.05, 0) is 13.8 Å². The molecule has 0 fully saturated rings. The Bertz CT molecular complexity index is 411. The average Bonchev–Trinajstić information content (AvgIpc) is 2.30. The highest BCUT2D eigenvalue weighted by atomic mass is 19.1. The molecule has 1 aromatic heterocycles. The highest BCUT2D eigenvalue weighted by molar-refractivity contribution is 5.76. The van der Waals surface area contributed by atoms with E-state index in [-0.39, 0.29) is 36.7 Å². The minimum atomic E-state index is -0.599. The Morgan fingerprint density at radius 2 is 2.28 bits per heavy atom. The van der Waals surface area contributed by atoms with E-state index in [9.17, 15) is 9.18 Å². The first kappa shape index (κ1) is 14.1. The van der Waals surface area contributed by atoms with E-state index in [1.165, 1.54) is 0 Å². The highest BCUT2D eigenvalue weighted by Gasteiger charge is 2.07. The summed E-state index contributed by atoms with van der Waals surface area (Å²) in [6.07, 6.45) is 1.23. The summed E-state index contributed by atoms with van der Waals surface area (Å²) in [7, 11) is 0. The second kappa shape index (κ2) is 6.70. The van der Waals surface area contributed by atoms with Gasteiger partial charge in [-0.3, -0.25) is 10.2 Å². The quantitative estimate of drug-likeness (QED) is 0.429. The van der Waals surface area contributed by atoms with Gasteiger partial charge in [0.25, 0.3) is 0 Å². The lowest BCUT2D eigenvalue weighted by atomic mass is 10.3. The maximum absolute atomic E-state index is 13.3. The predicted molar refractivity (Wildman–Crippen MR) is 66.2 cm³/mol. The number of rotatable bonds is 6. The summed E-state index contributed by atoms with van der Waals surface area (Å²) < 4.78 is 13.3. The van der Waals surface area contributed by atoms with Crippen LogP contribution in [0.5, 0.6) is 0 Å². The topological polar surface area (TPSA) is 105 Å². The lowest BCUT2D eigenvalue weighted by Gasteiger charge is -2.10. The van der Waals surface area contributed by atoms with Gasteiger partial charge < -0.3 is 10.6 Å². The molecule has 0 aliphatic carbocycles. The van der Waals surface area contributed by atoms with Gasteiger partial charge in [-0.25, -0.2) is 15.2 Å². The number of hydrogen-bond donors (Lipinski definition) is 4. The van der Waals surface area contributed by atoms with Crippen LogP contribution in [0.25, 0.3) is 0 Å². The first-order valence-corrected chi connectivity index (χ1v) is 5.55. The fraction of sp³-hybridized carbons (Fsp3) is 0.500. The fourth-order valence-corrected chi connectivity index (χ4v) is 1.25. The van der Waals surface area contributed by atoms with Crippen molar-refractivity contribution in [3.63, 3.8) is 0 Å². The third-order valence-electron chi connectivity index (χ3n) is 1.97. The van der Waals surface area contributed by atoms with Crippen molar-refractivity contribution in [2.45, 2.75) is 26.3 Å². The minimum Gasteiger partial charge on any atom is -0.367 e. The van der Waals surface area contributed by atoms with Crippen molar-refractivity contribution in [2.24, 2.45) is 5.84 Å². The van der Waals surface area contributed by atoms with Crippen molar-refractivity contribution >= 4 is 17.7 Å². The number of amides is 1. The van der Waals surface area contributed by atoms with Gasteiger partial charge >= 0.3 is 0 Å². The Hall–Kier alpha value is -1.96. The number of carbonyl (C=O) groups excluding carboxylic acids is 1. The van der Waals surface area contributed by atoms with Gasteiger partial charge in [0, 0.05) is 19.0 Å².